The average molecular weight is 563 g/mol. The Morgan fingerprint density at radius 1 is 0.395 bits per heavy atom. The normalized spacial score (nSPS) is 12.7. The molecule has 0 bridgehead atoms. The first kappa shape index (κ1) is 26.0. The fourth-order valence-electron chi connectivity index (χ4n) is 6.24. The van der Waals surface area contributed by atoms with E-state index in [4.69, 9.17) is 32.4 Å². The molecule has 0 radical (unpaired) electrons. The fraction of sp³-hybridized carbons (Fsp3) is 0.0270. The summed E-state index contributed by atoms with van der Waals surface area (Å²) in [7, 11) is 0. The zero-order valence-corrected chi connectivity index (χ0v) is 23.3. The number of fused-ring (bicyclic) bond motifs is 3. The van der Waals surface area contributed by atoms with Gasteiger partial charge in [-0.05, 0) is 82.9 Å². The van der Waals surface area contributed by atoms with Crippen LogP contribution in [-0.2, 0) is 5.41 Å². The van der Waals surface area contributed by atoms with E-state index < -0.39 is 5.41 Å². The van der Waals surface area contributed by atoms with Gasteiger partial charge >= 0.3 is 0 Å². The number of hydrogen-bond acceptors (Lipinski definition) is 6. The van der Waals surface area contributed by atoms with Crippen LogP contribution in [0.5, 0.6) is 23.0 Å². The summed E-state index contributed by atoms with van der Waals surface area (Å²) in [5.74, 6) is 2.49. The molecule has 210 valence electrons. The van der Waals surface area contributed by atoms with Gasteiger partial charge in [0.05, 0.1) is 16.8 Å². The van der Waals surface area contributed by atoms with E-state index in [9.17, 15) is 0 Å². The number of hydrogen-bond donors (Lipinski definition) is 4. The quantitative estimate of drug-likeness (QED) is 0.153. The number of anilines is 4. The van der Waals surface area contributed by atoms with Gasteiger partial charge in [0.25, 0.3) is 0 Å². The summed E-state index contributed by atoms with van der Waals surface area (Å²) in [5.41, 5.74) is 33.3. The van der Waals surface area contributed by atoms with Crippen LogP contribution in [0, 0.1) is 0 Å². The number of benzene rings is 6. The third kappa shape index (κ3) is 4.19. The van der Waals surface area contributed by atoms with Crippen molar-refractivity contribution < 1.29 is 9.47 Å². The molecule has 0 atom stereocenters. The first-order valence-corrected chi connectivity index (χ1v) is 14.0. The van der Waals surface area contributed by atoms with Gasteiger partial charge in [0.15, 0.2) is 0 Å². The highest BCUT2D eigenvalue weighted by molar-refractivity contribution is 5.97. The topological polar surface area (TPSA) is 123 Å². The van der Waals surface area contributed by atoms with Gasteiger partial charge in [-0.2, -0.15) is 0 Å². The van der Waals surface area contributed by atoms with E-state index in [1.807, 2.05) is 97.1 Å². The Morgan fingerprint density at radius 2 is 0.791 bits per heavy atom. The van der Waals surface area contributed by atoms with E-state index in [-0.39, 0.29) is 0 Å². The average Bonchev–Trinajstić information content (AvgIpc) is 3.33. The smallest absolute Gasteiger partial charge is 0.150 e. The van der Waals surface area contributed by atoms with Crippen molar-refractivity contribution in [3.05, 3.63) is 156 Å². The van der Waals surface area contributed by atoms with Gasteiger partial charge in [-0.1, -0.05) is 72.8 Å². The molecule has 0 saturated carbocycles. The minimum atomic E-state index is -0.793. The highest BCUT2D eigenvalue weighted by atomic mass is 16.5. The monoisotopic (exact) mass is 562 g/mol. The van der Waals surface area contributed by atoms with E-state index in [1.54, 1.807) is 0 Å². The Labute approximate surface area is 250 Å². The first-order valence-electron chi connectivity index (χ1n) is 14.0. The van der Waals surface area contributed by atoms with E-state index in [0.29, 0.717) is 45.7 Å². The maximum absolute atomic E-state index is 6.70. The largest absolute Gasteiger partial charge is 0.455 e. The molecular weight excluding hydrogens is 532 g/mol. The second-order valence-electron chi connectivity index (χ2n) is 10.6. The number of ether oxygens (including phenoxy) is 2. The summed E-state index contributed by atoms with van der Waals surface area (Å²) in [6.07, 6.45) is 0. The fourth-order valence-corrected chi connectivity index (χ4v) is 6.24. The number of nitrogen functional groups attached to an aromatic ring is 4. The molecule has 8 N–H and O–H groups in total. The zero-order valence-electron chi connectivity index (χ0n) is 23.3. The SMILES string of the molecule is Nc1ccccc1Oc1cccc(C2(c3cccc(Oc4ccccc4N)c3)c3cccc(N)c3-c3c(N)cccc32)c1. The molecule has 0 unspecified atom stereocenters. The van der Waals surface area contributed by atoms with Crippen molar-refractivity contribution in [3.8, 4) is 34.1 Å². The first-order chi connectivity index (χ1) is 21.0. The van der Waals surface area contributed by atoms with Crippen LogP contribution in [-0.4, -0.2) is 0 Å². The van der Waals surface area contributed by atoms with Crippen molar-refractivity contribution >= 4 is 22.7 Å². The predicted octanol–water partition coefficient (Wildman–Crippen LogP) is 7.96. The van der Waals surface area contributed by atoms with Crippen molar-refractivity contribution in [2.75, 3.05) is 22.9 Å². The van der Waals surface area contributed by atoms with Gasteiger partial charge in [-0.15, -0.1) is 0 Å². The minimum Gasteiger partial charge on any atom is -0.455 e. The highest BCUT2D eigenvalue weighted by Crippen LogP contribution is 2.59. The lowest BCUT2D eigenvalue weighted by atomic mass is 9.67. The molecule has 6 nitrogen and oxygen atoms in total. The predicted molar refractivity (Wildman–Crippen MR) is 174 cm³/mol. The maximum Gasteiger partial charge on any atom is 0.150 e. The lowest BCUT2D eigenvalue weighted by Crippen LogP contribution is -2.28. The van der Waals surface area contributed by atoms with E-state index >= 15 is 0 Å². The second-order valence-corrected chi connectivity index (χ2v) is 10.6. The molecule has 0 amide bonds. The summed E-state index contributed by atoms with van der Waals surface area (Å²) < 4.78 is 12.6. The molecule has 43 heavy (non-hydrogen) atoms. The molecule has 7 rings (SSSR count). The lowest BCUT2D eigenvalue weighted by molar-refractivity contribution is 0.482. The van der Waals surface area contributed by atoms with Crippen molar-refractivity contribution in [2.45, 2.75) is 5.41 Å². The Hall–Kier alpha value is -5.88. The van der Waals surface area contributed by atoms with E-state index in [1.165, 1.54) is 0 Å². The van der Waals surface area contributed by atoms with Crippen molar-refractivity contribution in [1.82, 2.24) is 0 Å². The van der Waals surface area contributed by atoms with Crippen molar-refractivity contribution in [2.24, 2.45) is 0 Å². The summed E-state index contributed by atoms with van der Waals surface area (Å²) in [4.78, 5) is 0. The maximum atomic E-state index is 6.70. The van der Waals surface area contributed by atoms with E-state index in [2.05, 4.69) is 36.4 Å². The standard InChI is InChI=1S/C37H30N4O2/c38-29-15-1-3-19-33(29)42-25-11-5-9-23(21-25)37(24-10-6-12-26(22-24)43-34-20-4-2-16-30(34)39)27-13-7-17-31(40)35(27)36-28(37)14-8-18-32(36)41/h1-22H,38-41H2. The Bertz CT molecular complexity index is 1860. The van der Waals surface area contributed by atoms with Gasteiger partial charge in [-0.3, -0.25) is 0 Å². The van der Waals surface area contributed by atoms with Gasteiger partial charge in [0.1, 0.15) is 23.0 Å². The Balaban J connectivity index is 1.49. The van der Waals surface area contributed by atoms with Crippen LogP contribution < -0.4 is 32.4 Å². The van der Waals surface area contributed by atoms with Crippen molar-refractivity contribution in [3.63, 3.8) is 0 Å². The molecule has 0 fully saturated rings. The van der Waals surface area contributed by atoms with Crippen LogP contribution in [0.25, 0.3) is 11.1 Å². The summed E-state index contributed by atoms with van der Waals surface area (Å²) in [6, 6.07) is 43.1. The van der Waals surface area contributed by atoms with Crippen LogP contribution in [0.3, 0.4) is 0 Å². The molecule has 0 spiro atoms. The molecule has 6 aromatic rings. The zero-order chi connectivity index (χ0) is 29.6. The second kappa shape index (κ2) is 10.2. The Kier molecular flexibility index (Phi) is 6.17. The molecule has 0 saturated heterocycles. The van der Waals surface area contributed by atoms with Gasteiger partial charge < -0.3 is 32.4 Å². The molecule has 0 aliphatic heterocycles. The highest BCUT2D eigenvalue weighted by Gasteiger charge is 2.47. The van der Waals surface area contributed by atoms with E-state index in [0.717, 1.165) is 33.4 Å². The van der Waals surface area contributed by atoms with Gasteiger partial charge in [0, 0.05) is 22.5 Å². The molecular formula is C37H30N4O2. The summed E-state index contributed by atoms with van der Waals surface area (Å²) in [6.45, 7) is 0. The molecule has 6 aromatic carbocycles. The van der Waals surface area contributed by atoms with Crippen molar-refractivity contribution in [1.29, 1.82) is 0 Å². The molecule has 0 aromatic heterocycles. The third-order valence-corrected chi connectivity index (χ3v) is 8.08. The minimum absolute atomic E-state index is 0.560. The number of rotatable bonds is 6. The van der Waals surface area contributed by atoms with Crippen LogP contribution in [0.15, 0.2) is 133 Å². The molecule has 1 aliphatic carbocycles. The van der Waals surface area contributed by atoms with Gasteiger partial charge in [-0.25, -0.2) is 0 Å². The van der Waals surface area contributed by atoms with Crippen LogP contribution in [0.1, 0.15) is 22.3 Å². The third-order valence-electron chi connectivity index (χ3n) is 8.08. The molecule has 6 heteroatoms. The lowest BCUT2D eigenvalue weighted by Gasteiger charge is -2.34. The van der Waals surface area contributed by atoms with Gasteiger partial charge in [0.2, 0.25) is 0 Å². The number of nitrogens with two attached hydrogens (primary N) is 4. The summed E-state index contributed by atoms with van der Waals surface area (Å²) >= 11 is 0. The van der Waals surface area contributed by atoms with Crippen LogP contribution in [0.4, 0.5) is 22.7 Å². The van der Waals surface area contributed by atoms with Crippen LogP contribution in [0.2, 0.25) is 0 Å². The molecule has 1 aliphatic rings. The number of para-hydroxylation sites is 4. The summed E-state index contributed by atoms with van der Waals surface area (Å²) in [5, 5.41) is 0. The van der Waals surface area contributed by atoms with Crippen LogP contribution >= 0.6 is 0 Å². The Morgan fingerprint density at radius 3 is 1.23 bits per heavy atom. The molecule has 0 heterocycles.